The monoisotopic (exact) mass is 369 g/mol. The van der Waals surface area contributed by atoms with Gasteiger partial charge in [-0.05, 0) is 30.4 Å². The Balaban J connectivity index is 1.51. The van der Waals surface area contributed by atoms with Crippen LogP contribution in [-0.4, -0.2) is 36.1 Å². The van der Waals surface area contributed by atoms with Gasteiger partial charge in [-0.15, -0.1) is 0 Å². The van der Waals surface area contributed by atoms with Crippen LogP contribution in [-0.2, 0) is 0 Å². The van der Waals surface area contributed by atoms with Crippen molar-refractivity contribution in [2.45, 2.75) is 26.2 Å². The SMILES string of the molecule is CC1(CNc2ncc3c(-c4ccc5ncc(C(F)F)n5n4)c[nH]c3n2)CC1. The number of halogens is 2. The number of aromatic amines is 1. The fraction of sp³-hybridized carbons (Fsp3) is 0.333. The fourth-order valence-electron chi connectivity index (χ4n) is 3.07. The van der Waals surface area contributed by atoms with Crippen LogP contribution in [0, 0.1) is 5.41 Å². The first kappa shape index (κ1) is 16.1. The van der Waals surface area contributed by atoms with Crippen molar-refractivity contribution in [1.82, 2.24) is 29.5 Å². The summed E-state index contributed by atoms with van der Waals surface area (Å²) in [7, 11) is 0. The van der Waals surface area contributed by atoms with E-state index in [0.717, 1.165) is 23.7 Å². The van der Waals surface area contributed by atoms with Crippen molar-refractivity contribution in [2.75, 3.05) is 11.9 Å². The van der Waals surface area contributed by atoms with Crippen molar-refractivity contribution in [3.63, 3.8) is 0 Å². The van der Waals surface area contributed by atoms with Gasteiger partial charge >= 0.3 is 0 Å². The lowest BCUT2D eigenvalue weighted by atomic mass is 10.1. The molecule has 27 heavy (non-hydrogen) atoms. The highest BCUT2D eigenvalue weighted by Gasteiger charge is 2.37. The van der Waals surface area contributed by atoms with Crippen molar-refractivity contribution < 1.29 is 8.78 Å². The molecule has 7 nitrogen and oxygen atoms in total. The van der Waals surface area contributed by atoms with Crippen LogP contribution in [0.5, 0.6) is 0 Å². The largest absolute Gasteiger partial charge is 0.354 e. The molecule has 4 aromatic rings. The maximum Gasteiger partial charge on any atom is 0.282 e. The quantitative estimate of drug-likeness (QED) is 0.559. The van der Waals surface area contributed by atoms with Crippen molar-refractivity contribution in [3.8, 4) is 11.3 Å². The molecule has 5 rings (SSSR count). The first-order valence-corrected chi connectivity index (χ1v) is 8.74. The lowest BCUT2D eigenvalue weighted by Crippen LogP contribution is -2.13. The minimum absolute atomic E-state index is 0.233. The van der Waals surface area contributed by atoms with Crippen molar-refractivity contribution >= 4 is 22.6 Å². The van der Waals surface area contributed by atoms with Crippen LogP contribution in [0.3, 0.4) is 0 Å². The number of nitrogens with zero attached hydrogens (tertiary/aromatic N) is 5. The third-order valence-electron chi connectivity index (χ3n) is 5.10. The molecule has 1 saturated carbocycles. The van der Waals surface area contributed by atoms with Crippen LogP contribution in [0.1, 0.15) is 31.9 Å². The Morgan fingerprint density at radius 2 is 2.11 bits per heavy atom. The Hall–Kier alpha value is -3.10. The van der Waals surface area contributed by atoms with Gasteiger partial charge in [-0.25, -0.2) is 23.3 Å². The second-order valence-electron chi connectivity index (χ2n) is 7.29. The highest BCUT2D eigenvalue weighted by Crippen LogP contribution is 2.44. The predicted molar refractivity (Wildman–Crippen MR) is 96.7 cm³/mol. The molecule has 0 bridgehead atoms. The van der Waals surface area contributed by atoms with Gasteiger partial charge in [0.25, 0.3) is 6.43 Å². The molecule has 4 heterocycles. The van der Waals surface area contributed by atoms with Gasteiger partial charge in [-0.2, -0.15) is 10.1 Å². The molecule has 0 aromatic carbocycles. The topological polar surface area (TPSA) is 83.8 Å². The van der Waals surface area contributed by atoms with E-state index in [1.54, 1.807) is 24.5 Å². The molecular formula is C18H17F2N7. The number of alkyl halides is 2. The summed E-state index contributed by atoms with van der Waals surface area (Å²) in [5, 5.41) is 8.39. The van der Waals surface area contributed by atoms with E-state index >= 15 is 0 Å². The first-order chi connectivity index (χ1) is 13.0. The van der Waals surface area contributed by atoms with Crippen LogP contribution >= 0.6 is 0 Å². The molecule has 0 spiro atoms. The minimum Gasteiger partial charge on any atom is -0.354 e. The zero-order valence-electron chi connectivity index (χ0n) is 14.6. The average Bonchev–Trinajstić information content (AvgIpc) is 3.08. The van der Waals surface area contributed by atoms with Crippen LogP contribution in [0.4, 0.5) is 14.7 Å². The van der Waals surface area contributed by atoms with Gasteiger partial charge < -0.3 is 10.3 Å². The Labute approximate surface area is 152 Å². The van der Waals surface area contributed by atoms with Gasteiger partial charge in [0.05, 0.1) is 11.9 Å². The maximum absolute atomic E-state index is 13.1. The van der Waals surface area contributed by atoms with Gasteiger partial charge in [0.2, 0.25) is 5.95 Å². The van der Waals surface area contributed by atoms with E-state index in [2.05, 4.69) is 37.3 Å². The number of nitrogens with one attached hydrogen (secondary N) is 2. The number of fused-ring (bicyclic) bond motifs is 2. The number of imidazole rings is 1. The van der Waals surface area contributed by atoms with E-state index in [-0.39, 0.29) is 5.69 Å². The molecule has 0 amide bonds. The highest BCUT2D eigenvalue weighted by atomic mass is 19.3. The average molecular weight is 369 g/mol. The van der Waals surface area contributed by atoms with Gasteiger partial charge in [-0.3, -0.25) is 0 Å². The van der Waals surface area contributed by atoms with Gasteiger partial charge in [0.15, 0.2) is 5.65 Å². The van der Waals surface area contributed by atoms with Crippen molar-refractivity contribution in [2.24, 2.45) is 5.41 Å². The molecule has 2 N–H and O–H groups in total. The number of rotatable bonds is 5. The summed E-state index contributed by atoms with van der Waals surface area (Å²) in [4.78, 5) is 16.0. The molecule has 1 aliphatic rings. The Kier molecular flexibility index (Phi) is 3.40. The zero-order chi connectivity index (χ0) is 18.6. The second-order valence-corrected chi connectivity index (χ2v) is 7.29. The lowest BCUT2D eigenvalue weighted by Gasteiger charge is -2.09. The standard InChI is InChI=1S/C18H17F2N7/c1-18(4-5-18)9-24-17-23-7-11-10(6-22-16(11)25-17)12-2-3-14-21-8-13(15(19)20)27(14)26-12/h2-3,6-8,15H,4-5,9H2,1H3,(H2,22,23,24,25). The first-order valence-electron chi connectivity index (χ1n) is 8.74. The fourth-order valence-corrected chi connectivity index (χ4v) is 3.07. The van der Waals surface area contributed by atoms with E-state index in [1.807, 2.05) is 0 Å². The summed E-state index contributed by atoms with van der Waals surface area (Å²) in [6, 6.07) is 3.42. The van der Waals surface area contributed by atoms with E-state index in [1.165, 1.54) is 17.4 Å². The Morgan fingerprint density at radius 3 is 2.89 bits per heavy atom. The van der Waals surface area contributed by atoms with Crippen molar-refractivity contribution in [3.05, 3.63) is 36.4 Å². The number of hydrogen-bond acceptors (Lipinski definition) is 5. The number of H-pyrrole nitrogens is 1. The Bertz CT molecular complexity index is 1140. The predicted octanol–water partition coefficient (Wildman–Crippen LogP) is 3.82. The zero-order valence-corrected chi connectivity index (χ0v) is 14.6. The van der Waals surface area contributed by atoms with Gasteiger partial charge in [0, 0.05) is 29.9 Å². The summed E-state index contributed by atoms with van der Waals surface area (Å²) in [5.41, 5.74) is 2.47. The van der Waals surface area contributed by atoms with Gasteiger partial charge in [0.1, 0.15) is 11.3 Å². The number of anilines is 1. The smallest absolute Gasteiger partial charge is 0.282 e. The molecule has 138 valence electrons. The summed E-state index contributed by atoms with van der Waals surface area (Å²) in [6.45, 7) is 3.08. The highest BCUT2D eigenvalue weighted by molar-refractivity contribution is 5.92. The number of aromatic nitrogens is 6. The molecular weight excluding hydrogens is 352 g/mol. The van der Waals surface area contributed by atoms with E-state index in [4.69, 9.17) is 0 Å². The third-order valence-corrected chi connectivity index (χ3v) is 5.10. The maximum atomic E-state index is 13.1. The van der Waals surface area contributed by atoms with E-state index in [9.17, 15) is 8.78 Å². The molecule has 1 aliphatic carbocycles. The van der Waals surface area contributed by atoms with E-state index in [0.29, 0.717) is 28.4 Å². The molecule has 0 saturated heterocycles. The minimum atomic E-state index is -2.64. The normalized spacial score (nSPS) is 15.7. The van der Waals surface area contributed by atoms with Crippen LogP contribution in [0.25, 0.3) is 27.9 Å². The second kappa shape index (κ2) is 5.70. The molecule has 4 aromatic heterocycles. The summed E-state index contributed by atoms with van der Waals surface area (Å²) >= 11 is 0. The molecule has 0 unspecified atom stereocenters. The van der Waals surface area contributed by atoms with Crippen LogP contribution in [0.2, 0.25) is 0 Å². The van der Waals surface area contributed by atoms with Crippen LogP contribution < -0.4 is 5.32 Å². The van der Waals surface area contributed by atoms with Crippen molar-refractivity contribution in [1.29, 1.82) is 0 Å². The summed E-state index contributed by atoms with van der Waals surface area (Å²) in [5.74, 6) is 0.571. The molecule has 0 aliphatic heterocycles. The summed E-state index contributed by atoms with van der Waals surface area (Å²) < 4.78 is 27.4. The molecule has 1 fully saturated rings. The molecule has 9 heteroatoms. The Morgan fingerprint density at radius 1 is 1.26 bits per heavy atom. The summed E-state index contributed by atoms with van der Waals surface area (Å²) in [6.07, 6.45) is 4.43. The molecule has 0 atom stereocenters. The number of hydrogen-bond donors (Lipinski definition) is 2. The van der Waals surface area contributed by atoms with E-state index < -0.39 is 6.43 Å². The van der Waals surface area contributed by atoms with Gasteiger partial charge in [-0.1, -0.05) is 6.92 Å². The lowest BCUT2D eigenvalue weighted by molar-refractivity contribution is 0.143. The van der Waals surface area contributed by atoms with Crippen LogP contribution in [0.15, 0.2) is 30.7 Å². The molecule has 0 radical (unpaired) electrons. The third kappa shape index (κ3) is 2.79.